The number of nitrogens with one attached hydrogen (secondary N) is 1. The summed E-state index contributed by atoms with van der Waals surface area (Å²) in [6.45, 7) is 4.22. The number of alkyl halides is 3. The molecule has 0 saturated heterocycles. The largest absolute Gasteiger partial charge is 0.573 e. The van der Waals surface area contributed by atoms with Crippen LogP contribution in [0.1, 0.15) is 30.0 Å². The van der Waals surface area contributed by atoms with Crippen molar-refractivity contribution >= 4 is 0 Å². The molecule has 2 rings (SSSR count). The van der Waals surface area contributed by atoms with Crippen LogP contribution in [0.2, 0.25) is 0 Å². The summed E-state index contributed by atoms with van der Waals surface area (Å²) in [6.07, 6.45) is -4.67. The lowest BCUT2D eigenvalue weighted by Crippen LogP contribution is -2.18. The lowest BCUT2D eigenvalue weighted by Gasteiger charge is -2.14. The van der Waals surface area contributed by atoms with Gasteiger partial charge in [0.15, 0.2) is 5.76 Å². The van der Waals surface area contributed by atoms with Crippen LogP contribution in [0.3, 0.4) is 0 Å². The Hall–Kier alpha value is -2.02. The van der Waals surface area contributed by atoms with Crippen LogP contribution in [0.15, 0.2) is 34.9 Å². The first-order valence-corrected chi connectivity index (χ1v) is 6.35. The van der Waals surface area contributed by atoms with E-state index in [0.717, 1.165) is 11.3 Å². The summed E-state index contributed by atoms with van der Waals surface area (Å²) in [5.74, 6) is 0.473. The van der Waals surface area contributed by atoms with E-state index in [0.29, 0.717) is 12.3 Å². The Balaban J connectivity index is 1.91. The van der Waals surface area contributed by atoms with E-state index in [1.165, 1.54) is 12.1 Å². The van der Waals surface area contributed by atoms with Gasteiger partial charge in [-0.25, -0.2) is 0 Å². The molecular weight excluding hydrogens is 285 g/mol. The van der Waals surface area contributed by atoms with Gasteiger partial charge in [-0.3, -0.25) is 0 Å². The van der Waals surface area contributed by atoms with Crippen LogP contribution < -0.4 is 10.1 Å². The van der Waals surface area contributed by atoms with Crippen molar-refractivity contribution < 1.29 is 22.4 Å². The molecule has 1 atom stereocenters. The summed E-state index contributed by atoms with van der Waals surface area (Å²) in [7, 11) is 0. The number of hydrogen-bond acceptors (Lipinski definition) is 4. The Morgan fingerprint density at radius 1 is 1.29 bits per heavy atom. The normalized spacial score (nSPS) is 13.2. The minimum absolute atomic E-state index is 0.0460. The Labute approximate surface area is 119 Å². The standard InChI is InChI=1S/C14H15F3N2O2/c1-9-7-13(21-19-9)8-18-10(2)11-3-5-12(6-4-11)20-14(15,16)17/h3-7,10,18H,8H2,1-2H3. The molecule has 1 N–H and O–H groups in total. The van der Waals surface area contributed by atoms with Crippen molar-refractivity contribution in [2.45, 2.75) is 32.8 Å². The number of nitrogens with zero attached hydrogens (tertiary/aromatic N) is 1. The number of aryl methyl sites for hydroxylation is 1. The molecule has 0 amide bonds. The quantitative estimate of drug-likeness (QED) is 0.914. The summed E-state index contributed by atoms with van der Waals surface area (Å²) in [5.41, 5.74) is 1.65. The van der Waals surface area contributed by atoms with Gasteiger partial charge < -0.3 is 14.6 Å². The van der Waals surface area contributed by atoms with Gasteiger partial charge in [-0.1, -0.05) is 17.3 Å². The molecule has 0 fully saturated rings. The third-order valence-corrected chi connectivity index (χ3v) is 2.87. The van der Waals surface area contributed by atoms with Crippen molar-refractivity contribution in [3.8, 4) is 5.75 Å². The summed E-state index contributed by atoms with van der Waals surface area (Å²) in [4.78, 5) is 0. The van der Waals surface area contributed by atoms with Crippen LogP contribution in [0.25, 0.3) is 0 Å². The maximum atomic E-state index is 12.1. The molecule has 0 radical (unpaired) electrons. The second-order valence-electron chi connectivity index (χ2n) is 4.65. The van der Waals surface area contributed by atoms with Gasteiger partial charge in [0.2, 0.25) is 0 Å². The van der Waals surface area contributed by atoms with Crippen molar-refractivity contribution in [3.63, 3.8) is 0 Å². The van der Waals surface area contributed by atoms with Crippen LogP contribution >= 0.6 is 0 Å². The van der Waals surface area contributed by atoms with E-state index >= 15 is 0 Å². The molecule has 0 aliphatic carbocycles. The fraction of sp³-hybridized carbons (Fsp3) is 0.357. The number of rotatable bonds is 5. The van der Waals surface area contributed by atoms with Crippen molar-refractivity contribution in [1.82, 2.24) is 10.5 Å². The third-order valence-electron chi connectivity index (χ3n) is 2.87. The predicted octanol–water partition coefficient (Wildman–Crippen LogP) is 3.73. The predicted molar refractivity (Wildman–Crippen MR) is 69.6 cm³/mol. The van der Waals surface area contributed by atoms with Gasteiger partial charge in [-0.2, -0.15) is 0 Å². The fourth-order valence-electron chi connectivity index (χ4n) is 1.83. The van der Waals surface area contributed by atoms with Crippen LogP contribution in [0.5, 0.6) is 5.75 Å². The summed E-state index contributed by atoms with van der Waals surface area (Å²) < 4.78 is 45.1. The van der Waals surface area contributed by atoms with Crippen LogP contribution in [-0.4, -0.2) is 11.5 Å². The van der Waals surface area contributed by atoms with Crippen molar-refractivity contribution in [2.24, 2.45) is 0 Å². The van der Waals surface area contributed by atoms with Gasteiger partial charge in [-0.15, -0.1) is 13.2 Å². The first kappa shape index (κ1) is 15.4. The van der Waals surface area contributed by atoms with Crippen LogP contribution in [0.4, 0.5) is 13.2 Å². The van der Waals surface area contributed by atoms with E-state index in [-0.39, 0.29) is 11.8 Å². The number of ether oxygens (including phenoxy) is 1. The summed E-state index contributed by atoms with van der Waals surface area (Å²) >= 11 is 0. The topological polar surface area (TPSA) is 47.3 Å². The highest BCUT2D eigenvalue weighted by atomic mass is 19.4. The molecule has 0 bridgehead atoms. The van der Waals surface area contributed by atoms with E-state index in [1.54, 1.807) is 12.1 Å². The maximum Gasteiger partial charge on any atom is 0.573 e. The molecule has 1 aromatic carbocycles. The lowest BCUT2D eigenvalue weighted by atomic mass is 10.1. The number of aromatic nitrogens is 1. The molecule has 1 unspecified atom stereocenters. The lowest BCUT2D eigenvalue weighted by molar-refractivity contribution is -0.274. The monoisotopic (exact) mass is 300 g/mol. The first-order chi connectivity index (χ1) is 9.83. The zero-order chi connectivity index (χ0) is 15.5. The Bertz CT molecular complexity index is 579. The highest BCUT2D eigenvalue weighted by Crippen LogP contribution is 2.24. The molecule has 0 spiro atoms. The van der Waals surface area contributed by atoms with Crippen molar-refractivity contribution in [1.29, 1.82) is 0 Å². The summed E-state index contributed by atoms with van der Waals surface area (Å²) in [6, 6.07) is 7.53. The second-order valence-corrected chi connectivity index (χ2v) is 4.65. The second kappa shape index (κ2) is 6.17. The molecule has 1 aromatic heterocycles. The maximum absolute atomic E-state index is 12.1. The van der Waals surface area contributed by atoms with Gasteiger partial charge in [0.25, 0.3) is 0 Å². The van der Waals surface area contributed by atoms with Crippen molar-refractivity contribution in [2.75, 3.05) is 0 Å². The molecule has 2 aromatic rings. The minimum Gasteiger partial charge on any atom is -0.406 e. The molecule has 21 heavy (non-hydrogen) atoms. The molecule has 0 aliphatic heterocycles. The van der Waals surface area contributed by atoms with E-state index in [4.69, 9.17) is 4.52 Å². The number of benzene rings is 1. The highest BCUT2D eigenvalue weighted by molar-refractivity contribution is 5.29. The Morgan fingerprint density at radius 3 is 2.48 bits per heavy atom. The number of halogens is 3. The van der Waals surface area contributed by atoms with E-state index in [2.05, 4.69) is 15.2 Å². The first-order valence-electron chi connectivity index (χ1n) is 6.35. The molecule has 0 aliphatic rings. The number of hydrogen-bond donors (Lipinski definition) is 1. The van der Waals surface area contributed by atoms with E-state index < -0.39 is 6.36 Å². The highest BCUT2D eigenvalue weighted by Gasteiger charge is 2.30. The van der Waals surface area contributed by atoms with Gasteiger partial charge in [-0.05, 0) is 31.5 Å². The smallest absolute Gasteiger partial charge is 0.406 e. The zero-order valence-corrected chi connectivity index (χ0v) is 11.6. The van der Waals surface area contributed by atoms with Crippen molar-refractivity contribution in [3.05, 3.63) is 47.3 Å². The molecule has 7 heteroatoms. The zero-order valence-electron chi connectivity index (χ0n) is 11.6. The minimum atomic E-state index is -4.67. The molecule has 114 valence electrons. The van der Waals surface area contributed by atoms with Gasteiger partial charge >= 0.3 is 6.36 Å². The molecule has 4 nitrogen and oxygen atoms in total. The average Bonchev–Trinajstić information content (AvgIpc) is 2.81. The van der Waals surface area contributed by atoms with Gasteiger partial charge in [0.1, 0.15) is 5.75 Å². The average molecular weight is 300 g/mol. The SMILES string of the molecule is Cc1cc(CNC(C)c2ccc(OC(F)(F)F)cc2)on1. The summed E-state index contributed by atoms with van der Waals surface area (Å²) in [5, 5.41) is 6.97. The molecular formula is C14H15F3N2O2. The Morgan fingerprint density at radius 2 is 1.95 bits per heavy atom. The van der Waals surface area contributed by atoms with Crippen LogP contribution in [-0.2, 0) is 6.54 Å². The van der Waals surface area contributed by atoms with E-state index in [1.807, 2.05) is 19.9 Å². The molecule has 1 heterocycles. The molecule has 0 saturated carbocycles. The van der Waals surface area contributed by atoms with Gasteiger partial charge in [0, 0.05) is 12.1 Å². The van der Waals surface area contributed by atoms with Gasteiger partial charge in [0.05, 0.1) is 12.2 Å². The van der Waals surface area contributed by atoms with E-state index in [9.17, 15) is 13.2 Å². The Kier molecular flexibility index (Phi) is 4.52. The fourth-order valence-corrected chi connectivity index (χ4v) is 1.83. The van der Waals surface area contributed by atoms with Crippen LogP contribution in [0, 0.1) is 6.92 Å². The third kappa shape index (κ3) is 4.78.